The van der Waals surface area contributed by atoms with Crippen molar-refractivity contribution in [3.8, 4) is 5.75 Å². The van der Waals surface area contributed by atoms with Crippen molar-refractivity contribution in [1.29, 1.82) is 0 Å². The summed E-state index contributed by atoms with van der Waals surface area (Å²) >= 11 is 0. The highest BCUT2D eigenvalue weighted by Crippen LogP contribution is 2.25. The van der Waals surface area contributed by atoms with Gasteiger partial charge in [0.2, 0.25) is 0 Å². The summed E-state index contributed by atoms with van der Waals surface area (Å²) in [6.45, 7) is 13.3. The molecule has 0 saturated heterocycles. The summed E-state index contributed by atoms with van der Waals surface area (Å²) in [7, 11) is 0. The number of phenols is 1. The van der Waals surface area contributed by atoms with E-state index in [0.717, 1.165) is 16.7 Å². The molecule has 14 heavy (non-hydrogen) atoms. The molecule has 0 aliphatic rings. The van der Waals surface area contributed by atoms with E-state index in [1.165, 1.54) is 0 Å². The predicted molar refractivity (Wildman–Crippen MR) is 64.4 cm³/mol. The molecular formula is C13H18O. The zero-order chi connectivity index (χ0) is 11.1. The minimum Gasteiger partial charge on any atom is -0.507 e. The average molecular weight is 190 g/mol. The molecule has 1 aromatic carbocycles. The van der Waals surface area contributed by atoms with Gasteiger partial charge in [-0.05, 0) is 24.1 Å². The smallest absolute Gasteiger partial charge is 0.123 e. The van der Waals surface area contributed by atoms with Gasteiger partial charge in [0.1, 0.15) is 5.75 Å². The molecule has 0 amide bonds. The third-order valence-corrected chi connectivity index (χ3v) is 1.89. The van der Waals surface area contributed by atoms with Gasteiger partial charge >= 0.3 is 0 Å². The molecule has 0 aliphatic carbocycles. The Kier molecular flexibility index (Phi) is 5.38. The second-order valence-electron chi connectivity index (χ2n) is 2.64. The van der Waals surface area contributed by atoms with Crippen LogP contribution in [0.25, 0.3) is 12.2 Å². The average Bonchev–Trinajstić information content (AvgIpc) is 2.24. The maximum atomic E-state index is 9.43. The highest BCUT2D eigenvalue weighted by molar-refractivity contribution is 5.70. The number of hydrogen-bond donors (Lipinski definition) is 1. The van der Waals surface area contributed by atoms with Crippen molar-refractivity contribution >= 4 is 12.2 Å². The lowest BCUT2D eigenvalue weighted by Gasteiger charge is -2.06. The van der Waals surface area contributed by atoms with Crippen LogP contribution in [0.5, 0.6) is 5.75 Å². The molecule has 0 atom stereocenters. The third kappa shape index (κ3) is 2.49. The summed E-state index contributed by atoms with van der Waals surface area (Å²) in [5, 5.41) is 9.43. The number of benzene rings is 1. The number of phenolic OH excluding ortho intramolecular Hbond substituents is 1. The van der Waals surface area contributed by atoms with Gasteiger partial charge in [0, 0.05) is 5.56 Å². The van der Waals surface area contributed by atoms with E-state index in [2.05, 4.69) is 13.2 Å². The molecule has 0 bridgehead atoms. The van der Waals surface area contributed by atoms with Crippen LogP contribution in [-0.4, -0.2) is 5.11 Å². The second-order valence-corrected chi connectivity index (χ2v) is 2.64. The fraction of sp³-hybridized carbons (Fsp3) is 0.231. The molecule has 0 aliphatic heterocycles. The quantitative estimate of drug-likeness (QED) is 0.747. The Balaban J connectivity index is 0.000000791. The first-order valence-corrected chi connectivity index (χ1v) is 4.78. The molecule has 1 aromatic rings. The Morgan fingerprint density at radius 3 is 1.93 bits per heavy atom. The number of hydrogen-bond acceptors (Lipinski definition) is 1. The van der Waals surface area contributed by atoms with Gasteiger partial charge in [-0.25, -0.2) is 0 Å². The molecule has 0 radical (unpaired) electrons. The SMILES string of the molecule is C=Cc1c(C)ccc(O)c1C=C.CC. The maximum absolute atomic E-state index is 9.43. The van der Waals surface area contributed by atoms with Crippen molar-refractivity contribution < 1.29 is 5.11 Å². The number of aryl methyl sites for hydroxylation is 1. The van der Waals surface area contributed by atoms with Gasteiger partial charge in [-0.1, -0.05) is 45.2 Å². The van der Waals surface area contributed by atoms with Crippen molar-refractivity contribution in [3.63, 3.8) is 0 Å². The van der Waals surface area contributed by atoms with E-state index < -0.39 is 0 Å². The minimum absolute atomic E-state index is 0.255. The Morgan fingerprint density at radius 1 is 1.07 bits per heavy atom. The summed E-state index contributed by atoms with van der Waals surface area (Å²) in [5.74, 6) is 0.255. The molecule has 1 N–H and O–H groups in total. The van der Waals surface area contributed by atoms with Crippen LogP contribution in [0.4, 0.5) is 0 Å². The van der Waals surface area contributed by atoms with Crippen LogP contribution in [0.3, 0.4) is 0 Å². The molecule has 0 aromatic heterocycles. The molecule has 76 valence electrons. The summed E-state index contributed by atoms with van der Waals surface area (Å²) < 4.78 is 0. The van der Waals surface area contributed by atoms with Gasteiger partial charge in [0.25, 0.3) is 0 Å². The first kappa shape index (κ1) is 12.5. The molecule has 1 nitrogen and oxygen atoms in total. The van der Waals surface area contributed by atoms with Crippen LogP contribution in [0.2, 0.25) is 0 Å². The number of rotatable bonds is 2. The van der Waals surface area contributed by atoms with E-state index in [-0.39, 0.29) is 5.75 Å². The minimum atomic E-state index is 0.255. The topological polar surface area (TPSA) is 20.2 Å². The molecule has 0 fully saturated rings. The first-order chi connectivity index (χ1) is 6.70. The lowest BCUT2D eigenvalue weighted by molar-refractivity contribution is 0.474. The van der Waals surface area contributed by atoms with Crippen LogP contribution in [0.15, 0.2) is 25.3 Å². The van der Waals surface area contributed by atoms with Crippen LogP contribution in [-0.2, 0) is 0 Å². The van der Waals surface area contributed by atoms with Crippen LogP contribution in [0.1, 0.15) is 30.5 Å². The molecule has 0 spiro atoms. The maximum Gasteiger partial charge on any atom is 0.123 e. The monoisotopic (exact) mass is 190 g/mol. The number of aromatic hydroxyl groups is 1. The molecular weight excluding hydrogens is 172 g/mol. The van der Waals surface area contributed by atoms with Gasteiger partial charge in [-0.3, -0.25) is 0 Å². The van der Waals surface area contributed by atoms with Crippen LogP contribution in [0, 0.1) is 6.92 Å². The van der Waals surface area contributed by atoms with Crippen molar-refractivity contribution in [2.75, 3.05) is 0 Å². The van der Waals surface area contributed by atoms with E-state index in [0.29, 0.717) is 0 Å². The second kappa shape index (κ2) is 6.03. The Morgan fingerprint density at radius 2 is 1.57 bits per heavy atom. The van der Waals surface area contributed by atoms with Gasteiger partial charge in [0.05, 0.1) is 0 Å². The first-order valence-electron chi connectivity index (χ1n) is 4.78. The summed E-state index contributed by atoms with van der Waals surface area (Å²) in [4.78, 5) is 0. The molecule has 0 unspecified atom stereocenters. The van der Waals surface area contributed by atoms with E-state index in [1.54, 1.807) is 18.2 Å². The highest BCUT2D eigenvalue weighted by atomic mass is 16.3. The lowest BCUT2D eigenvalue weighted by atomic mass is 10.0. The Bertz CT molecular complexity index is 291. The fourth-order valence-corrected chi connectivity index (χ4v) is 1.22. The van der Waals surface area contributed by atoms with E-state index in [1.807, 2.05) is 26.8 Å². The molecule has 0 heterocycles. The highest BCUT2D eigenvalue weighted by Gasteiger charge is 2.03. The van der Waals surface area contributed by atoms with Crippen LogP contribution < -0.4 is 0 Å². The van der Waals surface area contributed by atoms with Gasteiger partial charge in [-0.2, -0.15) is 0 Å². The molecule has 1 rings (SSSR count). The van der Waals surface area contributed by atoms with E-state index >= 15 is 0 Å². The Hall–Kier alpha value is -1.50. The van der Waals surface area contributed by atoms with E-state index in [4.69, 9.17) is 0 Å². The molecule has 0 saturated carbocycles. The summed E-state index contributed by atoms with van der Waals surface area (Å²) in [5.41, 5.74) is 2.80. The summed E-state index contributed by atoms with van der Waals surface area (Å²) in [6.07, 6.45) is 3.37. The van der Waals surface area contributed by atoms with Crippen molar-refractivity contribution in [1.82, 2.24) is 0 Å². The zero-order valence-electron chi connectivity index (χ0n) is 9.17. The van der Waals surface area contributed by atoms with Crippen molar-refractivity contribution in [3.05, 3.63) is 42.0 Å². The molecule has 1 heteroatoms. The zero-order valence-corrected chi connectivity index (χ0v) is 9.17. The lowest BCUT2D eigenvalue weighted by Crippen LogP contribution is -1.85. The summed E-state index contributed by atoms with van der Waals surface area (Å²) in [6, 6.07) is 3.53. The van der Waals surface area contributed by atoms with Crippen molar-refractivity contribution in [2.24, 2.45) is 0 Å². The van der Waals surface area contributed by atoms with Gasteiger partial charge < -0.3 is 5.11 Å². The van der Waals surface area contributed by atoms with Crippen molar-refractivity contribution in [2.45, 2.75) is 20.8 Å². The normalized spacial score (nSPS) is 8.50. The van der Waals surface area contributed by atoms with Gasteiger partial charge in [-0.15, -0.1) is 0 Å². The fourth-order valence-electron chi connectivity index (χ4n) is 1.22. The van der Waals surface area contributed by atoms with Gasteiger partial charge in [0.15, 0.2) is 0 Å². The Labute approximate surface area is 86.4 Å². The third-order valence-electron chi connectivity index (χ3n) is 1.89. The van der Waals surface area contributed by atoms with Crippen LogP contribution >= 0.6 is 0 Å². The largest absolute Gasteiger partial charge is 0.507 e. The predicted octanol–water partition coefficient (Wildman–Crippen LogP) is 4.01. The van der Waals surface area contributed by atoms with E-state index in [9.17, 15) is 5.11 Å². The standard InChI is InChI=1S/C11H12O.C2H6/c1-4-9-8(3)6-7-11(12)10(9)5-2;1-2/h4-7,12H,1-2H2,3H3;1-2H3.